The number of hydrogen-bond donors (Lipinski definition) is 7. The lowest BCUT2D eigenvalue weighted by molar-refractivity contribution is -0.174. The number of aliphatic hydroxyl groups excluding tert-OH is 2. The van der Waals surface area contributed by atoms with E-state index in [-0.39, 0.29) is 54.6 Å². The topological polar surface area (TPSA) is 203 Å². The first-order valence-corrected chi connectivity index (χ1v) is 22.4. The molecule has 330 valence electrons. The lowest BCUT2D eigenvalue weighted by Crippen LogP contribution is -2.58. The van der Waals surface area contributed by atoms with Gasteiger partial charge in [-0.1, -0.05) is 32.9 Å². The van der Waals surface area contributed by atoms with Crippen molar-refractivity contribution >= 4 is 29.5 Å². The molecule has 1 aromatic rings. The number of amides is 1. The van der Waals surface area contributed by atoms with Gasteiger partial charge in [-0.3, -0.25) is 33.9 Å². The zero-order valence-electron chi connectivity index (χ0n) is 35.6. The zero-order valence-corrected chi connectivity index (χ0v) is 35.6. The number of benzene rings is 1. The fraction of sp³-hybridized carbons (Fsp3) is 0.778. The van der Waals surface area contributed by atoms with Crippen LogP contribution in [0, 0.1) is 46.3 Å². The molecule has 4 saturated carbocycles. The predicted octanol–water partition coefficient (Wildman–Crippen LogP) is 3.71. The molecule has 1 heterocycles. The minimum Gasteiger partial charge on any atom is -0.480 e. The molecule has 5 fully saturated rings. The Morgan fingerprint density at radius 3 is 2.02 bits per heavy atom. The van der Waals surface area contributed by atoms with E-state index >= 15 is 0 Å². The summed E-state index contributed by atoms with van der Waals surface area (Å²) in [6.45, 7) is 9.99. The highest BCUT2D eigenvalue weighted by molar-refractivity contribution is 5.90. The van der Waals surface area contributed by atoms with E-state index < -0.39 is 17.9 Å². The highest BCUT2D eigenvalue weighted by Crippen LogP contribution is 2.68. The standard InChI is InChI=1S/C45H71N5O9/c1-29(36-11-12-37-35-10-7-31-23-34(51)14-15-44(31,2)38(35)24-39(52)45(36,37)3)4-13-40(53)47-32-8-5-30(6-9-32)22-33(46-25-41(54)55)26-48-16-18-49(27-42(56)57)20-21-50(19-17-48)28-43(58)59/h5-6,8-9,29,31,33-39,46,51-52H,4,7,10-28H2,1-3H3,(H,47,53)(H,54,55)(H,56,57)(H,58,59)/t29?,31?,33?,34-,35?,36-,37?,38?,39?,44+,45-/m1/s1. The number of rotatable bonds is 16. The van der Waals surface area contributed by atoms with Crippen LogP contribution in [0.5, 0.6) is 0 Å². The number of carbonyl (C=O) groups excluding carboxylic acids is 1. The minimum absolute atomic E-state index is 0.0397. The fourth-order valence-corrected chi connectivity index (χ4v) is 12.8. The van der Waals surface area contributed by atoms with Crippen LogP contribution in [0.25, 0.3) is 0 Å². The summed E-state index contributed by atoms with van der Waals surface area (Å²) in [6.07, 6.45) is 9.49. The SMILES string of the molecule is CC(CCC(=O)Nc1ccc(CC(CN2CCN(CC(=O)O)CCN(CC(=O)O)CC2)NCC(=O)O)cc1)[C@H]1CCC2C3CCC4C[C@H](O)CC[C@]4(C)C3CC(O)[C@@]21C. The van der Waals surface area contributed by atoms with Crippen molar-refractivity contribution in [2.24, 2.45) is 46.3 Å². The van der Waals surface area contributed by atoms with Crippen LogP contribution in [0.15, 0.2) is 24.3 Å². The van der Waals surface area contributed by atoms with Crippen LogP contribution in [-0.2, 0) is 25.6 Å². The smallest absolute Gasteiger partial charge is 0.317 e. The zero-order chi connectivity index (χ0) is 42.5. The Kier molecular flexibility index (Phi) is 15.2. The van der Waals surface area contributed by atoms with Gasteiger partial charge in [0.25, 0.3) is 0 Å². The van der Waals surface area contributed by atoms with Gasteiger partial charge in [-0.05, 0) is 128 Å². The predicted molar refractivity (Wildman–Crippen MR) is 224 cm³/mol. The lowest BCUT2D eigenvalue weighted by Gasteiger charge is -2.62. The Labute approximate surface area is 350 Å². The van der Waals surface area contributed by atoms with Gasteiger partial charge in [0.05, 0.1) is 31.8 Å². The highest BCUT2D eigenvalue weighted by Gasteiger charge is 2.63. The van der Waals surface area contributed by atoms with Crippen molar-refractivity contribution in [2.75, 3.05) is 70.8 Å². The molecule has 14 heteroatoms. The van der Waals surface area contributed by atoms with E-state index in [4.69, 9.17) is 0 Å². The number of nitrogens with one attached hydrogen (secondary N) is 2. The van der Waals surface area contributed by atoms with E-state index in [2.05, 4.69) is 36.3 Å². The third-order valence-corrected chi connectivity index (χ3v) is 16.0. The summed E-state index contributed by atoms with van der Waals surface area (Å²) in [6, 6.07) is 7.38. The normalized spacial score (nSPS) is 34.2. The van der Waals surface area contributed by atoms with Gasteiger partial charge in [-0.15, -0.1) is 0 Å². The Bertz CT molecular complexity index is 1590. The second kappa shape index (κ2) is 19.7. The van der Waals surface area contributed by atoms with Crippen molar-refractivity contribution in [1.29, 1.82) is 0 Å². The van der Waals surface area contributed by atoms with Crippen LogP contribution in [0.1, 0.15) is 90.5 Å². The molecule has 6 rings (SSSR count). The Hall–Kier alpha value is -3.14. The molecule has 1 amide bonds. The second-order valence-electron chi connectivity index (χ2n) is 19.5. The maximum absolute atomic E-state index is 13.3. The van der Waals surface area contributed by atoms with E-state index in [1.54, 1.807) is 9.80 Å². The molecular weight excluding hydrogens is 755 g/mol. The molecule has 1 aliphatic heterocycles. The summed E-state index contributed by atoms with van der Waals surface area (Å²) in [4.78, 5) is 53.6. The first kappa shape index (κ1) is 45.4. The molecule has 11 atom stereocenters. The van der Waals surface area contributed by atoms with Gasteiger partial charge < -0.3 is 36.2 Å². The molecule has 5 aliphatic rings. The first-order chi connectivity index (χ1) is 28.0. The largest absolute Gasteiger partial charge is 0.480 e. The van der Waals surface area contributed by atoms with Crippen LogP contribution in [-0.4, -0.2) is 148 Å². The quantitative estimate of drug-likeness (QED) is 0.127. The van der Waals surface area contributed by atoms with E-state index in [9.17, 15) is 44.7 Å². The third-order valence-electron chi connectivity index (χ3n) is 16.0. The Balaban J connectivity index is 1.01. The van der Waals surface area contributed by atoms with Crippen molar-refractivity contribution < 1.29 is 44.7 Å². The van der Waals surface area contributed by atoms with E-state index in [0.29, 0.717) is 99.8 Å². The Morgan fingerprint density at radius 1 is 0.780 bits per heavy atom. The van der Waals surface area contributed by atoms with Crippen LogP contribution >= 0.6 is 0 Å². The fourth-order valence-electron chi connectivity index (χ4n) is 12.8. The molecule has 0 radical (unpaired) electrons. The van der Waals surface area contributed by atoms with Crippen LogP contribution in [0.2, 0.25) is 0 Å². The summed E-state index contributed by atoms with van der Waals surface area (Å²) in [5.74, 6) is -0.0338. The molecule has 7 unspecified atom stereocenters. The van der Waals surface area contributed by atoms with Gasteiger partial charge in [0.1, 0.15) is 0 Å². The van der Waals surface area contributed by atoms with Crippen molar-refractivity contribution in [3.63, 3.8) is 0 Å². The summed E-state index contributed by atoms with van der Waals surface area (Å²) in [7, 11) is 0. The van der Waals surface area contributed by atoms with E-state index in [1.807, 2.05) is 24.3 Å². The number of fused-ring (bicyclic) bond motifs is 5. The van der Waals surface area contributed by atoms with Crippen LogP contribution < -0.4 is 10.6 Å². The molecule has 0 bridgehead atoms. The summed E-state index contributed by atoms with van der Waals surface area (Å²) < 4.78 is 0. The number of carboxylic acid groups (broad SMARTS) is 3. The van der Waals surface area contributed by atoms with Gasteiger partial charge in [-0.2, -0.15) is 0 Å². The molecule has 59 heavy (non-hydrogen) atoms. The van der Waals surface area contributed by atoms with Gasteiger partial charge >= 0.3 is 17.9 Å². The van der Waals surface area contributed by atoms with Crippen LogP contribution in [0.4, 0.5) is 5.69 Å². The number of hydrogen-bond acceptors (Lipinski definition) is 10. The molecule has 0 aromatic heterocycles. The van der Waals surface area contributed by atoms with Crippen molar-refractivity contribution in [3.8, 4) is 0 Å². The van der Waals surface area contributed by atoms with E-state index in [1.165, 1.54) is 12.8 Å². The minimum atomic E-state index is -0.976. The number of aliphatic hydroxyl groups is 2. The average Bonchev–Trinajstić information content (AvgIpc) is 3.58. The third kappa shape index (κ3) is 11.0. The number of carboxylic acids is 3. The number of aliphatic carboxylic acids is 3. The molecule has 1 saturated heterocycles. The van der Waals surface area contributed by atoms with Gasteiger partial charge in [-0.25, -0.2) is 0 Å². The van der Waals surface area contributed by atoms with E-state index in [0.717, 1.165) is 50.5 Å². The monoisotopic (exact) mass is 826 g/mol. The number of anilines is 1. The molecule has 0 spiro atoms. The van der Waals surface area contributed by atoms with Crippen molar-refractivity contribution in [1.82, 2.24) is 20.0 Å². The molecule has 7 N–H and O–H groups in total. The molecule has 1 aromatic carbocycles. The summed E-state index contributed by atoms with van der Waals surface area (Å²) >= 11 is 0. The highest BCUT2D eigenvalue weighted by atomic mass is 16.4. The van der Waals surface area contributed by atoms with Gasteiger partial charge in [0, 0.05) is 64.0 Å². The molecule has 14 nitrogen and oxygen atoms in total. The van der Waals surface area contributed by atoms with Crippen molar-refractivity contribution in [3.05, 3.63) is 29.8 Å². The number of carbonyl (C=O) groups is 4. The maximum atomic E-state index is 13.3. The number of nitrogens with zero attached hydrogens (tertiary/aromatic N) is 3. The second-order valence-corrected chi connectivity index (χ2v) is 19.5. The summed E-state index contributed by atoms with van der Waals surface area (Å²) in [5, 5.41) is 56.9. The lowest BCUT2D eigenvalue weighted by atomic mass is 9.43. The maximum Gasteiger partial charge on any atom is 0.317 e. The summed E-state index contributed by atoms with van der Waals surface area (Å²) in [5.41, 5.74) is 1.72. The van der Waals surface area contributed by atoms with Gasteiger partial charge in [0.15, 0.2) is 0 Å². The molecular formula is C45H71N5O9. The molecule has 4 aliphatic carbocycles. The first-order valence-electron chi connectivity index (χ1n) is 22.4. The average molecular weight is 826 g/mol. The van der Waals surface area contributed by atoms with Gasteiger partial charge in [0.2, 0.25) is 5.91 Å². The van der Waals surface area contributed by atoms with Crippen molar-refractivity contribution in [2.45, 2.75) is 110 Å². The Morgan fingerprint density at radius 2 is 1.41 bits per heavy atom. The van der Waals surface area contributed by atoms with Crippen LogP contribution in [0.3, 0.4) is 0 Å².